The van der Waals surface area contributed by atoms with Crippen LogP contribution in [0.25, 0.3) is 0 Å². The Morgan fingerprint density at radius 2 is 1.89 bits per heavy atom. The van der Waals surface area contributed by atoms with Crippen molar-refractivity contribution in [1.29, 1.82) is 0 Å². The summed E-state index contributed by atoms with van der Waals surface area (Å²) in [6.45, 7) is 4.04. The van der Waals surface area contributed by atoms with Crippen molar-refractivity contribution in [2.24, 2.45) is 0 Å². The molecule has 0 aromatic heterocycles. The number of hydrogen-bond donors (Lipinski definition) is 1. The number of carbonyl (C=O) groups excluding carboxylic acids is 1. The number of nitrogens with one attached hydrogen (secondary N) is 1. The number of esters is 1. The van der Waals surface area contributed by atoms with Gasteiger partial charge in [0.15, 0.2) is 0 Å². The van der Waals surface area contributed by atoms with Gasteiger partial charge in [0.05, 0.1) is 12.0 Å². The van der Waals surface area contributed by atoms with Crippen LogP contribution in [0.2, 0.25) is 0 Å². The van der Waals surface area contributed by atoms with Crippen molar-refractivity contribution in [3.8, 4) is 0 Å². The third-order valence-electron chi connectivity index (χ3n) is 3.52. The Balaban J connectivity index is 0.00000180. The molecule has 0 aliphatic carbocycles. The maximum atomic E-state index is 12.4. The zero-order chi connectivity index (χ0) is 13.0. The number of piperidine rings is 1. The van der Waals surface area contributed by atoms with Crippen LogP contribution in [0, 0.1) is 3.57 Å². The first-order valence-corrected chi connectivity index (χ1v) is 7.41. The molecule has 1 aromatic rings. The number of hydrogen-bond acceptors (Lipinski definition) is 3. The number of benzene rings is 1. The molecule has 1 fully saturated rings. The second-order valence-electron chi connectivity index (χ2n) is 4.56. The van der Waals surface area contributed by atoms with Crippen LogP contribution < -0.4 is 5.32 Å². The highest BCUT2D eigenvalue weighted by Crippen LogP contribution is 2.35. The van der Waals surface area contributed by atoms with Gasteiger partial charge in [0.25, 0.3) is 0 Å². The standard InChI is InChI=1S/C14H18INO2.ClH/c1-2-18-13(17)14(7-9-16-10-8-14)11-3-5-12(15)6-4-11;/h3-6,16H,2,7-10H2,1H3;1H. The van der Waals surface area contributed by atoms with E-state index < -0.39 is 5.41 Å². The van der Waals surface area contributed by atoms with Crippen molar-refractivity contribution in [2.45, 2.75) is 25.2 Å². The van der Waals surface area contributed by atoms with Gasteiger partial charge in [0.1, 0.15) is 0 Å². The van der Waals surface area contributed by atoms with Crippen molar-refractivity contribution in [2.75, 3.05) is 19.7 Å². The fraction of sp³-hybridized carbons (Fsp3) is 0.500. The first kappa shape index (κ1) is 16.7. The van der Waals surface area contributed by atoms with Gasteiger partial charge < -0.3 is 10.1 Å². The maximum Gasteiger partial charge on any atom is 0.316 e. The Bertz CT molecular complexity index is 416. The van der Waals surface area contributed by atoms with Gasteiger partial charge >= 0.3 is 5.97 Å². The van der Waals surface area contributed by atoms with Crippen molar-refractivity contribution >= 4 is 41.0 Å². The lowest BCUT2D eigenvalue weighted by atomic mass is 9.73. The molecular weight excluding hydrogens is 377 g/mol. The number of ether oxygens (including phenoxy) is 1. The predicted octanol–water partition coefficient (Wildman–Crippen LogP) is 2.90. The molecule has 0 unspecified atom stereocenters. The Morgan fingerprint density at radius 1 is 1.32 bits per heavy atom. The van der Waals surface area contributed by atoms with E-state index in [2.05, 4.69) is 52.2 Å². The minimum absolute atomic E-state index is 0. The summed E-state index contributed by atoms with van der Waals surface area (Å²) in [5.74, 6) is -0.0762. The Morgan fingerprint density at radius 3 is 2.42 bits per heavy atom. The van der Waals surface area contributed by atoms with Gasteiger partial charge in [0, 0.05) is 3.57 Å². The largest absolute Gasteiger partial charge is 0.465 e. The number of carbonyl (C=O) groups is 1. The van der Waals surface area contributed by atoms with E-state index in [9.17, 15) is 4.79 Å². The van der Waals surface area contributed by atoms with Crippen LogP contribution >= 0.6 is 35.0 Å². The normalized spacial score (nSPS) is 17.4. The molecule has 0 spiro atoms. The summed E-state index contributed by atoms with van der Waals surface area (Å²) in [5.41, 5.74) is 0.633. The van der Waals surface area contributed by atoms with Gasteiger partial charge in [-0.25, -0.2) is 0 Å². The van der Waals surface area contributed by atoms with E-state index in [1.165, 1.54) is 3.57 Å². The van der Waals surface area contributed by atoms with E-state index in [4.69, 9.17) is 4.74 Å². The van der Waals surface area contributed by atoms with Crippen LogP contribution in [0.15, 0.2) is 24.3 Å². The van der Waals surface area contributed by atoms with Crippen LogP contribution in [0.1, 0.15) is 25.3 Å². The molecule has 19 heavy (non-hydrogen) atoms. The third kappa shape index (κ3) is 3.61. The number of halogens is 2. The Labute approximate surface area is 134 Å². The minimum Gasteiger partial charge on any atom is -0.465 e. The second kappa shape index (κ2) is 7.45. The van der Waals surface area contributed by atoms with Gasteiger partial charge in [-0.3, -0.25) is 4.79 Å². The topological polar surface area (TPSA) is 38.3 Å². The van der Waals surface area contributed by atoms with E-state index in [0.717, 1.165) is 31.5 Å². The van der Waals surface area contributed by atoms with Crippen molar-refractivity contribution in [1.82, 2.24) is 5.32 Å². The van der Waals surface area contributed by atoms with Crippen molar-refractivity contribution < 1.29 is 9.53 Å². The van der Waals surface area contributed by atoms with Gasteiger partial charge in [0.2, 0.25) is 0 Å². The highest BCUT2D eigenvalue weighted by Gasteiger charge is 2.42. The van der Waals surface area contributed by atoms with E-state index in [0.29, 0.717) is 6.61 Å². The molecule has 0 radical (unpaired) electrons. The zero-order valence-electron chi connectivity index (χ0n) is 10.9. The van der Waals surface area contributed by atoms with E-state index in [1.807, 2.05) is 6.92 Å². The lowest BCUT2D eigenvalue weighted by Crippen LogP contribution is -2.46. The average Bonchev–Trinajstić information content (AvgIpc) is 2.40. The molecule has 1 aliphatic heterocycles. The molecule has 0 amide bonds. The first-order valence-electron chi connectivity index (χ1n) is 6.33. The van der Waals surface area contributed by atoms with Crippen LogP contribution in [-0.2, 0) is 14.9 Å². The van der Waals surface area contributed by atoms with E-state index >= 15 is 0 Å². The molecule has 3 nitrogen and oxygen atoms in total. The maximum absolute atomic E-state index is 12.4. The van der Waals surface area contributed by atoms with Crippen LogP contribution in [0.5, 0.6) is 0 Å². The molecule has 0 bridgehead atoms. The van der Waals surface area contributed by atoms with E-state index in [1.54, 1.807) is 0 Å². The summed E-state index contributed by atoms with van der Waals surface area (Å²) < 4.78 is 6.49. The molecule has 1 saturated heterocycles. The molecule has 0 atom stereocenters. The molecular formula is C14H19ClINO2. The van der Waals surface area contributed by atoms with Crippen LogP contribution in [0.4, 0.5) is 0 Å². The fourth-order valence-corrected chi connectivity index (χ4v) is 2.86. The predicted molar refractivity (Wildman–Crippen MR) is 86.8 cm³/mol. The summed E-state index contributed by atoms with van der Waals surface area (Å²) in [6.07, 6.45) is 1.62. The SMILES string of the molecule is CCOC(=O)C1(c2ccc(I)cc2)CCNCC1.Cl. The van der Waals surface area contributed by atoms with Gasteiger partial charge in [-0.2, -0.15) is 0 Å². The average molecular weight is 396 g/mol. The highest BCUT2D eigenvalue weighted by atomic mass is 127. The molecule has 0 saturated carbocycles. The lowest BCUT2D eigenvalue weighted by molar-refractivity contribution is -0.151. The second-order valence-corrected chi connectivity index (χ2v) is 5.81. The van der Waals surface area contributed by atoms with Gasteiger partial charge in [-0.15, -0.1) is 12.4 Å². The molecule has 1 aliphatic rings. The summed E-state index contributed by atoms with van der Waals surface area (Å²) in [6, 6.07) is 8.23. The summed E-state index contributed by atoms with van der Waals surface area (Å²) in [4.78, 5) is 12.4. The van der Waals surface area contributed by atoms with Crippen LogP contribution in [-0.4, -0.2) is 25.7 Å². The summed E-state index contributed by atoms with van der Waals surface area (Å²) >= 11 is 2.28. The quantitative estimate of drug-likeness (QED) is 0.632. The molecule has 2 rings (SSSR count). The Kier molecular flexibility index (Phi) is 6.56. The first-order chi connectivity index (χ1) is 8.69. The highest BCUT2D eigenvalue weighted by molar-refractivity contribution is 14.1. The van der Waals surface area contributed by atoms with E-state index in [-0.39, 0.29) is 18.4 Å². The van der Waals surface area contributed by atoms with Gasteiger partial charge in [-0.05, 0) is 73.1 Å². The Hall–Kier alpha value is -0.330. The zero-order valence-corrected chi connectivity index (χ0v) is 13.9. The smallest absolute Gasteiger partial charge is 0.316 e. The minimum atomic E-state index is -0.453. The number of rotatable bonds is 3. The molecule has 1 N–H and O–H groups in total. The molecule has 5 heteroatoms. The van der Waals surface area contributed by atoms with Crippen LogP contribution in [0.3, 0.4) is 0 Å². The van der Waals surface area contributed by atoms with Crippen molar-refractivity contribution in [3.63, 3.8) is 0 Å². The fourth-order valence-electron chi connectivity index (χ4n) is 2.50. The van der Waals surface area contributed by atoms with Crippen molar-refractivity contribution in [3.05, 3.63) is 33.4 Å². The van der Waals surface area contributed by atoms with Gasteiger partial charge in [-0.1, -0.05) is 12.1 Å². The third-order valence-corrected chi connectivity index (χ3v) is 4.24. The molecule has 1 aromatic carbocycles. The molecule has 106 valence electrons. The monoisotopic (exact) mass is 395 g/mol. The molecule has 1 heterocycles. The summed E-state index contributed by atoms with van der Waals surface area (Å²) in [7, 11) is 0. The lowest BCUT2D eigenvalue weighted by Gasteiger charge is -2.35. The summed E-state index contributed by atoms with van der Waals surface area (Å²) in [5, 5.41) is 3.31.